The Labute approximate surface area is 152 Å². The Bertz CT molecular complexity index is 824. The van der Waals surface area contributed by atoms with E-state index in [9.17, 15) is 14.0 Å². The van der Waals surface area contributed by atoms with Crippen molar-refractivity contribution in [3.05, 3.63) is 35.8 Å². The van der Waals surface area contributed by atoms with Gasteiger partial charge in [0.15, 0.2) is 10.5 Å². The fourth-order valence-corrected chi connectivity index (χ4v) is 4.57. The molecule has 2 N–H and O–H groups in total. The van der Waals surface area contributed by atoms with Crippen LogP contribution in [0.15, 0.2) is 24.3 Å². The maximum absolute atomic E-state index is 13.6. The van der Waals surface area contributed by atoms with Crippen LogP contribution < -0.4 is 10.6 Å². The first-order valence-electron chi connectivity index (χ1n) is 7.54. The maximum Gasteiger partial charge on any atom is 0.275 e. The van der Waals surface area contributed by atoms with Crippen LogP contribution in [0.3, 0.4) is 0 Å². The number of anilines is 1. The van der Waals surface area contributed by atoms with Crippen LogP contribution in [-0.4, -0.2) is 53.5 Å². The molecule has 1 unspecified atom stereocenters. The molecule has 132 valence electrons. The maximum atomic E-state index is 13.6. The highest BCUT2D eigenvalue weighted by molar-refractivity contribution is 8.00. The SMILES string of the molecule is CN(C)c1nc(C(=O)N2CCSC2C(N)=O)c(-c2cccc(F)c2)s1. The van der Waals surface area contributed by atoms with Crippen molar-refractivity contribution in [1.29, 1.82) is 0 Å². The van der Waals surface area contributed by atoms with Gasteiger partial charge in [-0.25, -0.2) is 9.37 Å². The van der Waals surface area contributed by atoms with Gasteiger partial charge in [-0.1, -0.05) is 23.5 Å². The highest BCUT2D eigenvalue weighted by Gasteiger charge is 2.36. The third kappa shape index (κ3) is 3.47. The van der Waals surface area contributed by atoms with E-state index in [0.717, 1.165) is 0 Å². The van der Waals surface area contributed by atoms with Gasteiger partial charge in [0.05, 0.1) is 4.88 Å². The van der Waals surface area contributed by atoms with E-state index in [1.165, 1.54) is 40.1 Å². The minimum absolute atomic E-state index is 0.216. The summed E-state index contributed by atoms with van der Waals surface area (Å²) in [6.45, 7) is 0.425. The van der Waals surface area contributed by atoms with E-state index in [4.69, 9.17) is 5.73 Å². The number of thiazole rings is 1. The van der Waals surface area contributed by atoms with Gasteiger partial charge in [0.25, 0.3) is 11.8 Å². The number of primary amides is 1. The van der Waals surface area contributed by atoms with Crippen molar-refractivity contribution in [2.75, 3.05) is 31.3 Å². The zero-order valence-corrected chi connectivity index (χ0v) is 15.4. The molecule has 1 saturated heterocycles. The van der Waals surface area contributed by atoms with Crippen molar-refractivity contribution in [2.45, 2.75) is 5.37 Å². The number of halogens is 1. The van der Waals surface area contributed by atoms with E-state index in [0.29, 0.717) is 27.9 Å². The normalized spacial score (nSPS) is 16.9. The standard InChI is InChI=1S/C16H17FN4O2S2/c1-20(2)16-19-11(12(25-16)9-4-3-5-10(17)8-9)14(23)21-6-7-24-15(21)13(18)22/h3-5,8,15H,6-7H2,1-2H3,(H2,18,22). The van der Waals surface area contributed by atoms with Crippen molar-refractivity contribution < 1.29 is 14.0 Å². The lowest BCUT2D eigenvalue weighted by Crippen LogP contribution is -2.42. The lowest BCUT2D eigenvalue weighted by Gasteiger charge is -2.20. The molecule has 0 saturated carbocycles. The van der Waals surface area contributed by atoms with E-state index in [-0.39, 0.29) is 17.4 Å². The number of nitrogens with two attached hydrogens (primary N) is 1. The summed E-state index contributed by atoms with van der Waals surface area (Å²) in [6, 6.07) is 6.04. The van der Waals surface area contributed by atoms with Crippen LogP contribution in [0.4, 0.5) is 9.52 Å². The van der Waals surface area contributed by atoms with E-state index in [2.05, 4.69) is 4.98 Å². The van der Waals surface area contributed by atoms with E-state index < -0.39 is 11.3 Å². The summed E-state index contributed by atoms with van der Waals surface area (Å²) in [5.41, 5.74) is 6.19. The number of benzene rings is 1. The molecule has 1 aliphatic rings. The molecule has 1 aromatic carbocycles. The van der Waals surface area contributed by atoms with Crippen molar-refractivity contribution in [3.8, 4) is 10.4 Å². The number of thioether (sulfide) groups is 1. The molecule has 1 fully saturated rings. The zero-order chi connectivity index (χ0) is 18.1. The van der Waals surface area contributed by atoms with Crippen molar-refractivity contribution >= 4 is 40.0 Å². The second-order valence-corrected chi connectivity index (χ2v) is 7.87. The van der Waals surface area contributed by atoms with Gasteiger partial charge >= 0.3 is 0 Å². The quantitative estimate of drug-likeness (QED) is 0.878. The van der Waals surface area contributed by atoms with E-state index in [1.54, 1.807) is 17.0 Å². The zero-order valence-electron chi connectivity index (χ0n) is 13.7. The van der Waals surface area contributed by atoms with Gasteiger partial charge < -0.3 is 15.5 Å². The molecule has 25 heavy (non-hydrogen) atoms. The monoisotopic (exact) mass is 380 g/mol. The minimum atomic E-state index is -0.697. The molecule has 9 heteroatoms. The number of nitrogens with zero attached hydrogens (tertiary/aromatic N) is 3. The highest BCUT2D eigenvalue weighted by Crippen LogP contribution is 2.36. The number of hydrogen-bond acceptors (Lipinski definition) is 6. The summed E-state index contributed by atoms with van der Waals surface area (Å²) in [4.78, 5) is 32.8. The summed E-state index contributed by atoms with van der Waals surface area (Å²) in [7, 11) is 3.64. The van der Waals surface area contributed by atoms with Crippen molar-refractivity contribution in [3.63, 3.8) is 0 Å². The summed E-state index contributed by atoms with van der Waals surface area (Å²) in [5.74, 6) is -0.662. The number of carbonyl (C=O) groups excluding carboxylic acids is 2. The Kier molecular flexibility index (Phi) is 4.96. The van der Waals surface area contributed by atoms with Crippen molar-refractivity contribution in [2.24, 2.45) is 5.73 Å². The number of rotatable bonds is 4. The second kappa shape index (κ2) is 7.01. The van der Waals surface area contributed by atoms with Crippen molar-refractivity contribution in [1.82, 2.24) is 9.88 Å². The molecule has 6 nitrogen and oxygen atoms in total. The Morgan fingerprint density at radius 2 is 2.16 bits per heavy atom. The number of amides is 2. The topological polar surface area (TPSA) is 79.5 Å². The molecule has 2 aromatic rings. The van der Waals surface area contributed by atoms with Gasteiger partial charge in [0.2, 0.25) is 0 Å². The average molecular weight is 380 g/mol. The lowest BCUT2D eigenvalue weighted by molar-refractivity contribution is -0.119. The first kappa shape index (κ1) is 17.7. The molecule has 0 bridgehead atoms. The molecular weight excluding hydrogens is 363 g/mol. The molecular formula is C16H17FN4O2S2. The molecule has 1 aromatic heterocycles. The summed E-state index contributed by atoms with van der Waals surface area (Å²) in [5, 5.41) is -0.0672. The molecule has 3 rings (SSSR count). The second-order valence-electron chi connectivity index (χ2n) is 5.70. The van der Waals surface area contributed by atoms with Gasteiger partial charge in [-0.3, -0.25) is 9.59 Å². The fraction of sp³-hybridized carbons (Fsp3) is 0.312. The van der Waals surface area contributed by atoms with E-state index >= 15 is 0 Å². The van der Waals surface area contributed by atoms with Crippen LogP contribution >= 0.6 is 23.1 Å². The van der Waals surface area contributed by atoms with Gasteiger partial charge in [-0.2, -0.15) is 0 Å². The molecule has 2 heterocycles. The largest absolute Gasteiger partial charge is 0.367 e. The number of carbonyl (C=O) groups is 2. The molecule has 0 radical (unpaired) electrons. The molecule has 1 aliphatic heterocycles. The van der Waals surface area contributed by atoms with Gasteiger partial charge in [0.1, 0.15) is 11.5 Å². The Morgan fingerprint density at radius 1 is 1.40 bits per heavy atom. The van der Waals surface area contributed by atoms with Gasteiger partial charge in [-0.05, 0) is 17.7 Å². The van der Waals surface area contributed by atoms with Gasteiger partial charge in [0, 0.05) is 26.4 Å². The third-order valence-electron chi connectivity index (χ3n) is 3.68. The number of hydrogen-bond donors (Lipinski definition) is 1. The van der Waals surface area contributed by atoms with Crippen LogP contribution in [0.5, 0.6) is 0 Å². The average Bonchev–Trinajstić information content (AvgIpc) is 3.21. The predicted molar refractivity (Wildman–Crippen MR) is 98.3 cm³/mol. The smallest absolute Gasteiger partial charge is 0.275 e. The van der Waals surface area contributed by atoms with Gasteiger partial charge in [-0.15, -0.1) is 11.8 Å². The Balaban J connectivity index is 2.05. The molecule has 0 aliphatic carbocycles. The third-order valence-corrected chi connectivity index (χ3v) is 6.18. The Morgan fingerprint density at radius 3 is 2.80 bits per heavy atom. The summed E-state index contributed by atoms with van der Waals surface area (Å²) >= 11 is 2.64. The van der Waals surface area contributed by atoms with Crippen LogP contribution in [-0.2, 0) is 4.79 Å². The predicted octanol–water partition coefficient (Wildman–Crippen LogP) is 2.02. The van der Waals surface area contributed by atoms with Crippen LogP contribution in [0.2, 0.25) is 0 Å². The first-order valence-corrected chi connectivity index (χ1v) is 9.41. The highest BCUT2D eigenvalue weighted by atomic mass is 32.2. The fourth-order valence-electron chi connectivity index (χ4n) is 2.52. The first-order chi connectivity index (χ1) is 11.9. The van der Waals surface area contributed by atoms with Crippen LogP contribution in [0.25, 0.3) is 10.4 Å². The molecule has 2 amide bonds. The molecule has 1 atom stereocenters. The van der Waals surface area contributed by atoms with Crippen LogP contribution in [0, 0.1) is 5.82 Å². The lowest BCUT2D eigenvalue weighted by atomic mass is 10.1. The molecule has 0 spiro atoms. The minimum Gasteiger partial charge on any atom is -0.367 e. The number of aromatic nitrogens is 1. The summed E-state index contributed by atoms with van der Waals surface area (Å²) < 4.78 is 13.6. The van der Waals surface area contributed by atoms with E-state index in [1.807, 2.05) is 14.1 Å². The summed E-state index contributed by atoms with van der Waals surface area (Å²) in [6.07, 6.45) is 0. The Hall–Kier alpha value is -2.13. The van der Waals surface area contributed by atoms with Crippen LogP contribution in [0.1, 0.15) is 10.5 Å².